The van der Waals surface area contributed by atoms with Gasteiger partial charge in [-0.25, -0.2) is 0 Å². The van der Waals surface area contributed by atoms with Crippen LogP contribution in [0.2, 0.25) is 5.02 Å². The second kappa shape index (κ2) is 6.66. The number of nitrogens with two attached hydrogens (primary N) is 1. The number of hydrogen-bond donors (Lipinski definition) is 1. The van der Waals surface area contributed by atoms with Crippen molar-refractivity contribution in [2.24, 2.45) is 5.73 Å². The standard InChI is InChI=1S/C17H28ClN3/c1-13(19)16(14-8-5-6-9-15(14)18)21(4)12-17(20(2)3)10-7-11-17/h5-6,8-9,13,16H,7,10-12,19H2,1-4H3. The van der Waals surface area contributed by atoms with Crippen LogP contribution in [0, 0.1) is 0 Å². The van der Waals surface area contributed by atoms with Crippen molar-refractivity contribution in [1.29, 1.82) is 0 Å². The van der Waals surface area contributed by atoms with Gasteiger partial charge in [-0.15, -0.1) is 0 Å². The molecular weight excluding hydrogens is 282 g/mol. The van der Waals surface area contributed by atoms with E-state index in [0.29, 0.717) is 5.54 Å². The third-order valence-corrected chi connectivity index (χ3v) is 5.32. The van der Waals surface area contributed by atoms with Crippen molar-refractivity contribution in [3.63, 3.8) is 0 Å². The Morgan fingerprint density at radius 1 is 1.24 bits per heavy atom. The maximum absolute atomic E-state index is 6.40. The molecule has 0 heterocycles. The van der Waals surface area contributed by atoms with Crippen LogP contribution in [0.15, 0.2) is 24.3 Å². The molecule has 21 heavy (non-hydrogen) atoms. The van der Waals surface area contributed by atoms with Crippen molar-refractivity contribution < 1.29 is 0 Å². The minimum atomic E-state index is 0.0363. The van der Waals surface area contributed by atoms with Crippen molar-refractivity contribution in [3.8, 4) is 0 Å². The summed E-state index contributed by atoms with van der Waals surface area (Å²) in [5, 5.41) is 0.805. The number of rotatable bonds is 6. The van der Waals surface area contributed by atoms with Crippen LogP contribution in [-0.4, -0.2) is 49.1 Å². The van der Waals surface area contributed by atoms with Gasteiger partial charge in [0.05, 0.1) is 6.04 Å². The van der Waals surface area contributed by atoms with E-state index in [1.165, 1.54) is 19.3 Å². The minimum Gasteiger partial charge on any atom is -0.326 e. The third-order valence-electron chi connectivity index (χ3n) is 4.97. The van der Waals surface area contributed by atoms with Crippen LogP contribution in [0.25, 0.3) is 0 Å². The van der Waals surface area contributed by atoms with Gasteiger partial charge < -0.3 is 10.6 Å². The quantitative estimate of drug-likeness (QED) is 0.876. The van der Waals surface area contributed by atoms with Crippen molar-refractivity contribution >= 4 is 11.6 Å². The highest BCUT2D eigenvalue weighted by atomic mass is 35.5. The lowest BCUT2D eigenvalue weighted by Gasteiger charge is -2.50. The van der Waals surface area contributed by atoms with Gasteiger partial charge in [0.1, 0.15) is 0 Å². The molecule has 1 aromatic carbocycles. The fourth-order valence-electron chi connectivity index (χ4n) is 3.53. The van der Waals surface area contributed by atoms with E-state index in [9.17, 15) is 0 Å². The Kier molecular flexibility index (Phi) is 5.31. The normalized spacial score (nSPS) is 20.4. The third kappa shape index (κ3) is 3.42. The molecule has 4 heteroatoms. The summed E-state index contributed by atoms with van der Waals surface area (Å²) < 4.78 is 0. The van der Waals surface area contributed by atoms with Gasteiger partial charge in [0.15, 0.2) is 0 Å². The van der Waals surface area contributed by atoms with Gasteiger partial charge in [0, 0.05) is 23.1 Å². The Bertz CT molecular complexity index is 469. The van der Waals surface area contributed by atoms with E-state index in [1.54, 1.807) is 0 Å². The molecule has 2 rings (SSSR count). The first-order valence-electron chi connectivity index (χ1n) is 7.75. The fraction of sp³-hybridized carbons (Fsp3) is 0.647. The average molecular weight is 310 g/mol. The van der Waals surface area contributed by atoms with Crippen LogP contribution in [0.4, 0.5) is 0 Å². The zero-order valence-corrected chi connectivity index (χ0v) is 14.4. The van der Waals surface area contributed by atoms with E-state index in [-0.39, 0.29) is 12.1 Å². The predicted molar refractivity (Wildman–Crippen MR) is 90.7 cm³/mol. The van der Waals surface area contributed by atoms with E-state index >= 15 is 0 Å². The van der Waals surface area contributed by atoms with Crippen molar-refractivity contribution in [1.82, 2.24) is 9.80 Å². The minimum absolute atomic E-state index is 0.0363. The number of hydrogen-bond acceptors (Lipinski definition) is 3. The molecule has 1 aromatic rings. The summed E-state index contributed by atoms with van der Waals surface area (Å²) >= 11 is 6.40. The first-order valence-corrected chi connectivity index (χ1v) is 8.13. The van der Waals surface area contributed by atoms with Gasteiger partial charge in [0.2, 0.25) is 0 Å². The van der Waals surface area contributed by atoms with Crippen LogP contribution in [0.5, 0.6) is 0 Å². The van der Waals surface area contributed by atoms with E-state index in [1.807, 2.05) is 18.2 Å². The van der Waals surface area contributed by atoms with Crippen molar-refractivity contribution in [2.75, 3.05) is 27.7 Å². The van der Waals surface area contributed by atoms with Crippen LogP contribution in [0.3, 0.4) is 0 Å². The maximum Gasteiger partial charge on any atom is 0.0509 e. The largest absolute Gasteiger partial charge is 0.326 e. The monoisotopic (exact) mass is 309 g/mol. The molecule has 2 N–H and O–H groups in total. The van der Waals surface area contributed by atoms with E-state index in [0.717, 1.165) is 17.1 Å². The molecule has 0 aliphatic heterocycles. The topological polar surface area (TPSA) is 32.5 Å². The molecule has 0 saturated heterocycles. The highest BCUT2D eigenvalue weighted by molar-refractivity contribution is 6.31. The molecule has 1 aliphatic carbocycles. The summed E-state index contributed by atoms with van der Waals surface area (Å²) in [6.45, 7) is 3.09. The SMILES string of the molecule is CC(N)C(c1ccccc1Cl)N(C)CC1(N(C)C)CCC1. The Hall–Kier alpha value is -0.610. The molecular formula is C17H28ClN3. The molecule has 0 bridgehead atoms. The van der Waals surface area contributed by atoms with Gasteiger partial charge in [-0.3, -0.25) is 4.90 Å². The van der Waals surface area contributed by atoms with Gasteiger partial charge in [-0.2, -0.15) is 0 Å². The van der Waals surface area contributed by atoms with Crippen LogP contribution in [0.1, 0.15) is 37.8 Å². The summed E-state index contributed by atoms with van der Waals surface area (Å²) in [6.07, 6.45) is 3.85. The lowest BCUT2D eigenvalue weighted by Crippen LogP contribution is -2.58. The molecule has 1 fully saturated rings. The fourth-order valence-corrected chi connectivity index (χ4v) is 3.78. The summed E-state index contributed by atoms with van der Waals surface area (Å²) in [5.41, 5.74) is 7.70. The highest BCUT2D eigenvalue weighted by Crippen LogP contribution is 2.39. The van der Waals surface area contributed by atoms with Crippen LogP contribution in [-0.2, 0) is 0 Å². The number of likely N-dealkylation sites (N-methyl/N-ethyl adjacent to an activating group) is 2. The van der Waals surface area contributed by atoms with Gasteiger partial charge >= 0.3 is 0 Å². The van der Waals surface area contributed by atoms with E-state index in [4.69, 9.17) is 17.3 Å². The second-order valence-electron chi connectivity index (χ2n) is 6.71. The Balaban J connectivity index is 2.21. The summed E-state index contributed by atoms with van der Waals surface area (Å²) in [5.74, 6) is 0. The van der Waals surface area contributed by atoms with Crippen molar-refractivity contribution in [3.05, 3.63) is 34.9 Å². The number of halogens is 1. The molecule has 1 saturated carbocycles. The maximum atomic E-state index is 6.40. The van der Waals surface area contributed by atoms with Gasteiger partial charge in [-0.1, -0.05) is 29.8 Å². The first-order chi connectivity index (χ1) is 9.87. The smallest absolute Gasteiger partial charge is 0.0509 e. The van der Waals surface area contributed by atoms with Crippen LogP contribution >= 0.6 is 11.6 Å². The Morgan fingerprint density at radius 2 is 1.86 bits per heavy atom. The molecule has 3 nitrogen and oxygen atoms in total. The lowest BCUT2D eigenvalue weighted by atomic mass is 9.75. The Morgan fingerprint density at radius 3 is 2.29 bits per heavy atom. The molecule has 118 valence electrons. The summed E-state index contributed by atoms with van der Waals surface area (Å²) in [6, 6.07) is 8.24. The summed E-state index contributed by atoms with van der Waals surface area (Å²) in [4.78, 5) is 4.75. The van der Waals surface area contributed by atoms with Gasteiger partial charge in [-0.05, 0) is 59.0 Å². The number of nitrogens with zero attached hydrogens (tertiary/aromatic N) is 2. The molecule has 0 aromatic heterocycles. The van der Waals surface area contributed by atoms with E-state index < -0.39 is 0 Å². The van der Waals surface area contributed by atoms with Crippen molar-refractivity contribution in [2.45, 2.75) is 43.8 Å². The molecule has 0 spiro atoms. The Labute approximate surface area is 134 Å². The second-order valence-corrected chi connectivity index (χ2v) is 7.12. The molecule has 2 unspecified atom stereocenters. The van der Waals surface area contributed by atoms with Crippen LogP contribution < -0.4 is 5.73 Å². The zero-order chi connectivity index (χ0) is 15.6. The molecule has 2 atom stereocenters. The highest BCUT2D eigenvalue weighted by Gasteiger charge is 2.41. The summed E-state index contributed by atoms with van der Waals surface area (Å²) in [7, 11) is 6.54. The zero-order valence-electron chi connectivity index (χ0n) is 13.6. The molecule has 0 radical (unpaired) electrons. The van der Waals surface area contributed by atoms with Gasteiger partial charge in [0.25, 0.3) is 0 Å². The molecule has 0 amide bonds. The first kappa shape index (κ1) is 16.8. The average Bonchev–Trinajstić information content (AvgIpc) is 2.35. The lowest BCUT2D eigenvalue weighted by molar-refractivity contribution is 0.0131. The van der Waals surface area contributed by atoms with E-state index in [2.05, 4.69) is 43.9 Å². The predicted octanol–water partition coefficient (Wildman–Crippen LogP) is 3.14. The number of benzene rings is 1. The molecule has 1 aliphatic rings.